The third kappa shape index (κ3) is 5.00. The van der Waals surface area contributed by atoms with Crippen LogP contribution in [0.1, 0.15) is 25.3 Å². The number of rotatable bonds is 5. The van der Waals surface area contributed by atoms with Crippen LogP contribution in [0.4, 0.5) is 4.39 Å². The predicted molar refractivity (Wildman–Crippen MR) is 87.0 cm³/mol. The highest BCUT2D eigenvalue weighted by Gasteiger charge is 2.25. The van der Waals surface area contributed by atoms with Crippen molar-refractivity contribution >= 4 is 15.9 Å². The van der Waals surface area contributed by atoms with Gasteiger partial charge in [0.1, 0.15) is 5.82 Å². The zero-order valence-electron chi connectivity index (χ0n) is 13.4. The molecule has 1 aliphatic heterocycles. The van der Waals surface area contributed by atoms with Crippen LogP contribution in [-0.4, -0.2) is 55.5 Å². The van der Waals surface area contributed by atoms with E-state index >= 15 is 0 Å². The molecular formula is C16H23FN2O3S. The van der Waals surface area contributed by atoms with Gasteiger partial charge < -0.3 is 4.90 Å². The number of carbonyl (C=O) groups excluding carboxylic acids is 1. The van der Waals surface area contributed by atoms with Gasteiger partial charge in [0, 0.05) is 32.6 Å². The quantitative estimate of drug-likeness (QED) is 0.817. The third-order valence-electron chi connectivity index (χ3n) is 4.08. The van der Waals surface area contributed by atoms with Gasteiger partial charge in [-0.25, -0.2) is 17.1 Å². The standard InChI is InChI=1S/C16H23FN2O3S/c1-2-23(21,22)19-10-4-9-18(11-12-19)16(20)8-7-14-5-3-6-15(17)13-14/h3,5-6,13H,2,4,7-12H2,1H3. The summed E-state index contributed by atoms with van der Waals surface area (Å²) in [6, 6.07) is 6.25. The van der Waals surface area contributed by atoms with E-state index in [4.69, 9.17) is 0 Å². The Morgan fingerprint density at radius 3 is 2.70 bits per heavy atom. The van der Waals surface area contributed by atoms with Crippen molar-refractivity contribution in [2.24, 2.45) is 0 Å². The second-order valence-electron chi connectivity index (χ2n) is 5.66. The van der Waals surface area contributed by atoms with Crippen molar-refractivity contribution in [1.82, 2.24) is 9.21 Å². The van der Waals surface area contributed by atoms with Crippen molar-refractivity contribution in [2.45, 2.75) is 26.2 Å². The smallest absolute Gasteiger partial charge is 0.222 e. The van der Waals surface area contributed by atoms with Gasteiger partial charge in [0.15, 0.2) is 0 Å². The normalized spacial score (nSPS) is 17.0. The number of hydrogen-bond acceptors (Lipinski definition) is 3. The van der Waals surface area contributed by atoms with E-state index in [2.05, 4.69) is 0 Å². The molecule has 2 rings (SSSR count). The topological polar surface area (TPSA) is 57.7 Å². The summed E-state index contributed by atoms with van der Waals surface area (Å²) in [5, 5.41) is 0. The number of carbonyl (C=O) groups is 1. The van der Waals surface area contributed by atoms with Crippen LogP contribution in [-0.2, 0) is 21.2 Å². The summed E-state index contributed by atoms with van der Waals surface area (Å²) in [7, 11) is -3.20. The number of halogens is 1. The van der Waals surface area contributed by atoms with Crippen molar-refractivity contribution in [3.8, 4) is 0 Å². The molecular weight excluding hydrogens is 319 g/mol. The second-order valence-corrected chi connectivity index (χ2v) is 7.92. The maximum atomic E-state index is 13.1. The average Bonchev–Trinajstić information content (AvgIpc) is 2.79. The maximum absolute atomic E-state index is 13.1. The van der Waals surface area contributed by atoms with Crippen LogP contribution in [0.5, 0.6) is 0 Å². The first-order valence-electron chi connectivity index (χ1n) is 7.92. The van der Waals surface area contributed by atoms with E-state index in [9.17, 15) is 17.6 Å². The Morgan fingerprint density at radius 1 is 1.22 bits per heavy atom. The molecule has 0 saturated carbocycles. The van der Waals surface area contributed by atoms with E-state index in [1.165, 1.54) is 16.4 Å². The highest BCUT2D eigenvalue weighted by Crippen LogP contribution is 2.12. The minimum Gasteiger partial charge on any atom is -0.341 e. The lowest BCUT2D eigenvalue weighted by Gasteiger charge is -2.21. The minimum atomic E-state index is -3.20. The summed E-state index contributed by atoms with van der Waals surface area (Å²) in [5.74, 6) is -0.226. The Labute approximate surface area is 137 Å². The zero-order chi connectivity index (χ0) is 16.9. The molecule has 23 heavy (non-hydrogen) atoms. The molecule has 0 unspecified atom stereocenters. The second kappa shape index (κ2) is 7.88. The predicted octanol–water partition coefficient (Wildman–Crippen LogP) is 1.64. The summed E-state index contributed by atoms with van der Waals surface area (Å²) in [6.07, 6.45) is 1.44. The van der Waals surface area contributed by atoms with Gasteiger partial charge in [-0.3, -0.25) is 4.79 Å². The summed E-state index contributed by atoms with van der Waals surface area (Å²) < 4.78 is 38.4. The molecule has 0 bridgehead atoms. The highest BCUT2D eigenvalue weighted by atomic mass is 32.2. The van der Waals surface area contributed by atoms with Crippen molar-refractivity contribution in [2.75, 3.05) is 31.9 Å². The zero-order valence-corrected chi connectivity index (χ0v) is 14.2. The average molecular weight is 342 g/mol. The van der Waals surface area contributed by atoms with Crippen LogP contribution >= 0.6 is 0 Å². The lowest BCUT2D eigenvalue weighted by Crippen LogP contribution is -2.38. The number of aryl methyl sites for hydroxylation is 1. The Morgan fingerprint density at radius 2 is 2.00 bits per heavy atom. The fraction of sp³-hybridized carbons (Fsp3) is 0.562. The van der Waals surface area contributed by atoms with Gasteiger partial charge in [-0.15, -0.1) is 0 Å². The molecule has 0 aromatic heterocycles. The molecule has 128 valence electrons. The number of nitrogens with zero attached hydrogens (tertiary/aromatic N) is 2. The van der Waals surface area contributed by atoms with Gasteiger partial charge in [0.05, 0.1) is 5.75 Å². The molecule has 7 heteroatoms. The Bertz CT molecular complexity index is 648. The first-order valence-corrected chi connectivity index (χ1v) is 9.53. The van der Waals surface area contributed by atoms with Crippen LogP contribution in [0.2, 0.25) is 0 Å². The van der Waals surface area contributed by atoms with Gasteiger partial charge in [-0.05, 0) is 37.5 Å². The number of amides is 1. The molecule has 0 spiro atoms. The Balaban J connectivity index is 1.88. The van der Waals surface area contributed by atoms with E-state index in [0.29, 0.717) is 45.4 Å². The molecule has 0 N–H and O–H groups in total. The monoisotopic (exact) mass is 342 g/mol. The number of benzene rings is 1. The van der Waals surface area contributed by atoms with E-state index < -0.39 is 10.0 Å². The van der Waals surface area contributed by atoms with Crippen LogP contribution in [0.3, 0.4) is 0 Å². The third-order valence-corrected chi connectivity index (χ3v) is 5.96. The largest absolute Gasteiger partial charge is 0.341 e. The van der Waals surface area contributed by atoms with Gasteiger partial charge in [-0.1, -0.05) is 12.1 Å². The van der Waals surface area contributed by atoms with Gasteiger partial charge in [-0.2, -0.15) is 0 Å². The molecule has 1 saturated heterocycles. The molecule has 0 radical (unpaired) electrons. The summed E-state index contributed by atoms with van der Waals surface area (Å²) in [4.78, 5) is 14.0. The Hall–Kier alpha value is -1.47. The fourth-order valence-corrected chi connectivity index (χ4v) is 3.84. The summed E-state index contributed by atoms with van der Waals surface area (Å²) in [5.41, 5.74) is 0.795. The SMILES string of the molecule is CCS(=O)(=O)N1CCCN(C(=O)CCc2cccc(F)c2)CC1. The van der Waals surface area contributed by atoms with Crippen molar-refractivity contribution in [1.29, 1.82) is 0 Å². The maximum Gasteiger partial charge on any atom is 0.222 e. The van der Waals surface area contributed by atoms with Gasteiger partial charge in [0.25, 0.3) is 0 Å². The van der Waals surface area contributed by atoms with E-state index in [1.807, 2.05) is 0 Å². The minimum absolute atomic E-state index is 0.00925. The van der Waals surface area contributed by atoms with Gasteiger partial charge >= 0.3 is 0 Å². The molecule has 1 aromatic rings. The molecule has 1 amide bonds. The highest BCUT2D eigenvalue weighted by molar-refractivity contribution is 7.89. The first kappa shape index (κ1) is 17.9. The molecule has 1 fully saturated rings. The van der Waals surface area contributed by atoms with E-state index in [1.54, 1.807) is 24.0 Å². The summed E-state index contributed by atoms with van der Waals surface area (Å²) >= 11 is 0. The number of hydrogen-bond donors (Lipinski definition) is 0. The van der Waals surface area contributed by atoms with Crippen LogP contribution in [0, 0.1) is 5.82 Å². The number of sulfonamides is 1. The fourth-order valence-electron chi connectivity index (χ4n) is 2.71. The van der Waals surface area contributed by atoms with E-state index in [0.717, 1.165) is 5.56 Å². The van der Waals surface area contributed by atoms with E-state index in [-0.39, 0.29) is 17.5 Å². The van der Waals surface area contributed by atoms with Gasteiger partial charge in [0.2, 0.25) is 15.9 Å². The van der Waals surface area contributed by atoms with Crippen LogP contribution in [0.25, 0.3) is 0 Å². The molecule has 0 aliphatic carbocycles. The molecule has 1 aromatic carbocycles. The Kier molecular flexibility index (Phi) is 6.12. The van der Waals surface area contributed by atoms with Crippen molar-refractivity contribution < 1.29 is 17.6 Å². The molecule has 0 atom stereocenters. The van der Waals surface area contributed by atoms with Crippen molar-refractivity contribution in [3.05, 3.63) is 35.6 Å². The first-order chi connectivity index (χ1) is 10.9. The lowest BCUT2D eigenvalue weighted by atomic mass is 10.1. The van der Waals surface area contributed by atoms with Crippen molar-refractivity contribution in [3.63, 3.8) is 0 Å². The summed E-state index contributed by atoms with van der Waals surface area (Å²) in [6.45, 7) is 3.42. The molecule has 1 heterocycles. The van der Waals surface area contributed by atoms with Crippen LogP contribution < -0.4 is 0 Å². The molecule has 1 aliphatic rings. The lowest BCUT2D eigenvalue weighted by molar-refractivity contribution is -0.131. The van der Waals surface area contributed by atoms with Crippen LogP contribution in [0.15, 0.2) is 24.3 Å². The molecule has 5 nitrogen and oxygen atoms in total.